The van der Waals surface area contributed by atoms with Crippen LogP contribution >= 0.6 is 0 Å². The Morgan fingerprint density at radius 3 is 2.60 bits per heavy atom. The number of aryl methyl sites for hydroxylation is 1. The minimum Gasteiger partial charge on any atom is -0.478 e. The standard InChI is InChI=1S/C12H16N2O6/c1-3-19-10(15)6-14-12(18)13-5-8-4-9(11(16)17)7(2)20-8/h4H,3,5-6H2,1-2H3,(H,16,17)(H2,13,14,18). The summed E-state index contributed by atoms with van der Waals surface area (Å²) in [6.45, 7) is 3.21. The molecule has 0 aliphatic carbocycles. The zero-order chi connectivity index (χ0) is 15.1. The van der Waals surface area contributed by atoms with Crippen LogP contribution in [0.2, 0.25) is 0 Å². The minimum atomic E-state index is -1.09. The third kappa shape index (κ3) is 4.63. The number of urea groups is 1. The smallest absolute Gasteiger partial charge is 0.339 e. The third-order valence-corrected chi connectivity index (χ3v) is 2.32. The summed E-state index contributed by atoms with van der Waals surface area (Å²) >= 11 is 0. The summed E-state index contributed by atoms with van der Waals surface area (Å²) in [5, 5.41) is 13.6. The first-order valence-electron chi connectivity index (χ1n) is 5.94. The highest BCUT2D eigenvalue weighted by molar-refractivity contribution is 5.88. The maximum Gasteiger partial charge on any atom is 0.339 e. The number of carboxylic acids is 1. The van der Waals surface area contributed by atoms with Gasteiger partial charge in [-0.05, 0) is 19.9 Å². The van der Waals surface area contributed by atoms with Gasteiger partial charge in [-0.25, -0.2) is 9.59 Å². The molecule has 0 aromatic carbocycles. The number of aromatic carboxylic acids is 1. The highest BCUT2D eigenvalue weighted by atomic mass is 16.5. The Morgan fingerprint density at radius 2 is 2.05 bits per heavy atom. The van der Waals surface area contributed by atoms with Gasteiger partial charge in [0.05, 0.1) is 13.2 Å². The van der Waals surface area contributed by atoms with Crippen molar-refractivity contribution in [2.75, 3.05) is 13.2 Å². The number of carboxylic acid groups (broad SMARTS) is 1. The van der Waals surface area contributed by atoms with Gasteiger partial charge in [0.2, 0.25) is 0 Å². The van der Waals surface area contributed by atoms with Crippen LogP contribution in [0.3, 0.4) is 0 Å². The number of rotatable bonds is 6. The van der Waals surface area contributed by atoms with Gasteiger partial charge < -0.3 is 24.9 Å². The van der Waals surface area contributed by atoms with Crippen LogP contribution in [0.5, 0.6) is 0 Å². The van der Waals surface area contributed by atoms with E-state index >= 15 is 0 Å². The lowest BCUT2D eigenvalue weighted by Crippen LogP contribution is -2.38. The predicted molar refractivity (Wildman–Crippen MR) is 67.3 cm³/mol. The summed E-state index contributed by atoms with van der Waals surface area (Å²) in [5.41, 5.74) is 0.0498. The summed E-state index contributed by atoms with van der Waals surface area (Å²) in [5.74, 6) is -1.05. The van der Waals surface area contributed by atoms with Crippen molar-refractivity contribution in [3.05, 3.63) is 23.2 Å². The molecular weight excluding hydrogens is 268 g/mol. The lowest BCUT2D eigenvalue weighted by atomic mass is 10.2. The highest BCUT2D eigenvalue weighted by Gasteiger charge is 2.14. The molecule has 0 fully saturated rings. The van der Waals surface area contributed by atoms with Crippen molar-refractivity contribution >= 4 is 18.0 Å². The van der Waals surface area contributed by atoms with Gasteiger partial charge in [0.1, 0.15) is 23.6 Å². The molecule has 1 heterocycles. The molecule has 0 aliphatic rings. The number of nitrogens with one attached hydrogen (secondary N) is 2. The molecule has 1 aromatic rings. The summed E-state index contributed by atoms with van der Waals surface area (Å²) in [6, 6.07) is 0.757. The van der Waals surface area contributed by atoms with Crippen LogP contribution in [0.4, 0.5) is 4.79 Å². The zero-order valence-corrected chi connectivity index (χ0v) is 11.2. The highest BCUT2D eigenvalue weighted by Crippen LogP contribution is 2.14. The van der Waals surface area contributed by atoms with Crippen LogP contribution in [0.1, 0.15) is 28.8 Å². The summed E-state index contributed by atoms with van der Waals surface area (Å²) in [7, 11) is 0. The number of furan rings is 1. The van der Waals surface area contributed by atoms with Crippen molar-refractivity contribution in [1.29, 1.82) is 0 Å². The molecule has 0 saturated carbocycles. The molecule has 0 unspecified atom stereocenters. The monoisotopic (exact) mass is 284 g/mol. The van der Waals surface area contributed by atoms with E-state index in [2.05, 4.69) is 15.4 Å². The van der Waals surface area contributed by atoms with E-state index in [1.54, 1.807) is 6.92 Å². The number of amides is 2. The number of carbonyl (C=O) groups excluding carboxylic acids is 2. The van der Waals surface area contributed by atoms with E-state index in [0.717, 1.165) is 0 Å². The van der Waals surface area contributed by atoms with Crippen molar-refractivity contribution < 1.29 is 28.6 Å². The minimum absolute atomic E-state index is 0.0166. The molecule has 1 rings (SSSR count). The summed E-state index contributed by atoms with van der Waals surface area (Å²) < 4.78 is 9.81. The second kappa shape index (κ2) is 7.17. The molecule has 110 valence electrons. The molecule has 3 N–H and O–H groups in total. The number of esters is 1. The summed E-state index contributed by atoms with van der Waals surface area (Å²) in [6.07, 6.45) is 0. The molecule has 0 spiro atoms. The molecule has 8 nitrogen and oxygen atoms in total. The van der Waals surface area contributed by atoms with Gasteiger partial charge >= 0.3 is 18.0 Å². The van der Waals surface area contributed by atoms with Crippen molar-refractivity contribution in [3.63, 3.8) is 0 Å². The van der Waals surface area contributed by atoms with Gasteiger partial charge in [0.15, 0.2) is 0 Å². The molecular formula is C12H16N2O6. The first-order valence-corrected chi connectivity index (χ1v) is 5.94. The van der Waals surface area contributed by atoms with Gasteiger partial charge in [-0.1, -0.05) is 0 Å². The average Bonchev–Trinajstić information content (AvgIpc) is 2.76. The molecule has 8 heteroatoms. The Balaban J connectivity index is 2.39. The molecule has 0 bridgehead atoms. The number of carbonyl (C=O) groups is 3. The third-order valence-electron chi connectivity index (χ3n) is 2.32. The van der Waals surface area contributed by atoms with Gasteiger partial charge in [0, 0.05) is 0 Å². The van der Waals surface area contributed by atoms with E-state index in [9.17, 15) is 14.4 Å². The lowest BCUT2D eigenvalue weighted by Gasteiger charge is -2.05. The van der Waals surface area contributed by atoms with E-state index in [1.165, 1.54) is 13.0 Å². The molecule has 1 aromatic heterocycles. The van der Waals surface area contributed by atoms with E-state index < -0.39 is 18.0 Å². The SMILES string of the molecule is CCOC(=O)CNC(=O)NCc1cc(C(=O)O)c(C)o1. The number of ether oxygens (including phenoxy) is 1. The second-order valence-corrected chi connectivity index (χ2v) is 3.83. The van der Waals surface area contributed by atoms with E-state index in [-0.39, 0.29) is 31.0 Å². The maximum atomic E-state index is 11.4. The fourth-order valence-electron chi connectivity index (χ4n) is 1.44. The number of hydrogen-bond acceptors (Lipinski definition) is 5. The van der Waals surface area contributed by atoms with Crippen LogP contribution in [0.15, 0.2) is 10.5 Å². The van der Waals surface area contributed by atoms with Crippen LogP contribution in [0, 0.1) is 6.92 Å². The predicted octanol–water partition coefficient (Wildman–Crippen LogP) is 0.649. The molecule has 0 saturated heterocycles. The van der Waals surface area contributed by atoms with Crippen LogP contribution < -0.4 is 10.6 Å². The van der Waals surface area contributed by atoms with Gasteiger partial charge in [-0.2, -0.15) is 0 Å². The summed E-state index contributed by atoms with van der Waals surface area (Å²) in [4.78, 5) is 33.2. The Kier molecular flexibility index (Phi) is 5.57. The van der Waals surface area contributed by atoms with Crippen LogP contribution in [-0.4, -0.2) is 36.2 Å². The van der Waals surface area contributed by atoms with Crippen LogP contribution in [-0.2, 0) is 16.1 Å². The van der Waals surface area contributed by atoms with Crippen LogP contribution in [0.25, 0.3) is 0 Å². The molecule has 0 radical (unpaired) electrons. The largest absolute Gasteiger partial charge is 0.478 e. The average molecular weight is 284 g/mol. The van der Waals surface area contributed by atoms with E-state index in [0.29, 0.717) is 5.76 Å². The number of hydrogen-bond donors (Lipinski definition) is 3. The fourth-order valence-corrected chi connectivity index (χ4v) is 1.44. The van der Waals surface area contributed by atoms with Crippen molar-refractivity contribution in [3.8, 4) is 0 Å². The van der Waals surface area contributed by atoms with Crippen molar-refractivity contribution in [2.24, 2.45) is 0 Å². The normalized spacial score (nSPS) is 9.90. The topological polar surface area (TPSA) is 118 Å². The van der Waals surface area contributed by atoms with Crippen molar-refractivity contribution in [2.45, 2.75) is 20.4 Å². The zero-order valence-electron chi connectivity index (χ0n) is 11.2. The lowest BCUT2D eigenvalue weighted by molar-refractivity contribution is -0.141. The van der Waals surface area contributed by atoms with Gasteiger partial charge in [-0.3, -0.25) is 4.79 Å². The molecule has 0 aliphatic heterocycles. The van der Waals surface area contributed by atoms with E-state index in [1.807, 2.05) is 0 Å². The van der Waals surface area contributed by atoms with Gasteiger partial charge in [0.25, 0.3) is 0 Å². The Morgan fingerprint density at radius 1 is 1.35 bits per heavy atom. The maximum absolute atomic E-state index is 11.4. The quantitative estimate of drug-likeness (QED) is 0.660. The Labute approximate surface area is 115 Å². The van der Waals surface area contributed by atoms with Gasteiger partial charge in [-0.15, -0.1) is 0 Å². The van der Waals surface area contributed by atoms with Crippen molar-refractivity contribution in [1.82, 2.24) is 10.6 Å². The molecule has 20 heavy (non-hydrogen) atoms. The second-order valence-electron chi connectivity index (χ2n) is 3.83. The first-order chi connectivity index (χ1) is 9.43. The molecule has 2 amide bonds. The Bertz CT molecular complexity index is 508. The first kappa shape index (κ1) is 15.5. The fraction of sp³-hybridized carbons (Fsp3) is 0.417. The Hall–Kier alpha value is -2.51. The molecule has 0 atom stereocenters. The van der Waals surface area contributed by atoms with E-state index in [4.69, 9.17) is 9.52 Å².